The second kappa shape index (κ2) is 7.24. The van der Waals surface area contributed by atoms with Crippen LogP contribution in [0.15, 0.2) is 58.4 Å². The summed E-state index contributed by atoms with van der Waals surface area (Å²) in [7, 11) is -3.76. The van der Waals surface area contributed by atoms with Gasteiger partial charge in [-0.15, -0.1) is 0 Å². The summed E-state index contributed by atoms with van der Waals surface area (Å²) in [5.41, 5.74) is 2.78. The molecule has 0 saturated carbocycles. The highest BCUT2D eigenvalue weighted by molar-refractivity contribution is 7.92. The van der Waals surface area contributed by atoms with Crippen LogP contribution in [-0.2, 0) is 22.9 Å². The van der Waals surface area contributed by atoms with Crippen LogP contribution >= 0.6 is 23.2 Å². The highest BCUT2D eigenvalue weighted by Crippen LogP contribution is 2.26. The summed E-state index contributed by atoms with van der Waals surface area (Å²) in [5, 5.41) is 3.83. The van der Waals surface area contributed by atoms with Gasteiger partial charge in [-0.05, 0) is 66.8 Å². The largest absolute Gasteiger partial charge is 0.291 e. The molecule has 0 spiro atoms. The van der Waals surface area contributed by atoms with Crippen LogP contribution in [0.4, 0.5) is 5.69 Å². The molecule has 28 heavy (non-hydrogen) atoms. The van der Waals surface area contributed by atoms with Gasteiger partial charge in [0.15, 0.2) is 0 Å². The van der Waals surface area contributed by atoms with Gasteiger partial charge in [-0.1, -0.05) is 29.3 Å². The Hall–Kier alpha value is -2.35. The number of anilines is 1. The summed E-state index contributed by atoms with van der Waals surface area (Å²) < 4.78 is 29.0. The topological polar surface area (TPSA) is 81.1 Å². The van der Waals surface area contributed by atoms with Crippen LogP contribution in [-0.4, -0.2) is 18.2 Å². The molecule has 2 aromatic carbocycles. The molecular weight excluding hydrogens is 421 g/mol. The number of rotatable bonds is 4. The third-order valence-electron chi connectivity index (χ3n) is 4.62. The Morgan fingerprint density at radius 2 is 1.71 bits per heavy atom. The summed E-state index contributed by atoms with van der Waals surface area (Å²) in [6.07, 6.45) is 4.34. The first-order valence-corrected chi connectivity index (χ1v) is 10.8. The van der Waals surface area contributed by atoms with Crippen molar-refractivity contribution < 1.29 is 8.42 Å². The predicted octanol–water partition coefficient (Wildman–Crippen LogP) is 3.83. The molecule has 0 aliphatic heterocycles. The summed E-state index contributed by atoms with van der Waals surface area (Å²) in [6.45, 7) is 0. The first-order chi connectivity index (χ1) is 13.3. The monoisotopic (exact) mass is 435 g/mol. The Morgan fingerprint density at radius 1 is 1.00 bits per heavy atom. The SMILES string of the molecule is O=c1c(Cl)c(Cl)cnn1-c1ccc(S(=O)(=O)Nc2ccc3c(c2)CCC3)cc1. The van der Waals surface area contributed by atoms with Gasteiger partial charge in [0, 0.05) is 5.69 Å². The van der Waals surface area contributed by atoms with E-state index in [9.17, 15) is 13.2 Å². The maximum atomic E-state index is 12.7. The Balaban J connectivity index is 1.61. The van der Waals surface area contributed by atoms with E-state index in [1.54, 1.807) is 6.07 Å². The number of nitrogens with one attached hydrogen (secondary N) is 1. The van der Waals surface area contributed by atoms with Crippen molar-refractivity contribution >= 4 is 38.9 Å². The smallest absolute Gasteiger partial charge is 0.280 e. The number of hydrogen-bond donors (Lipinski definition) is 1. The minimum Gasteiger partial charge on any atom is -0.280 e. The average molecular weight is 436 g/mol. The van der Waals surface area contributed by atoms with Crippen LogP contribution in [0.5, 0.6) is 0 Å². The minimum absolute atomic E-state index is 0.0562. The van der Waals surface area contributed by atoms with Crippen molar-refractivity contribution in [2.75, 3.05) is 4.72 Å². The summed E-state index contributed by atoms with van der Waals surface area (Å²) in [5.74, 6) is 0. The fourth-order valence-electron chi connectivity index (χ4n) is 3.21. The quantitative estimate of drug-likeness (QED) is 0.674. The Bertz CT molecular complexity index is 1220. The number of benzene rings is 2. The van der Waals surface area contributed by atoms with E-state index in [2.05, 4.69) is 9.82 Å². The van der Waals surface area contributed by atoms with Crippen molar-refractivity contribution in [2.45, 2.75) is 24.2 Å². The van der Waals surface area contributed by atoms with Gasteiger partial charge in [0.1, 0.15) is 5.02 Å². The van der Waals surface area contributed by atoms with Gasteiger partial charge < -0.3 is 0 Å². The predicted molar refractivity (Wildman–Crippen MR) is 109 cm³/mol. The van der Waals surface area contributed by atoms with E-state index in [0.717, 1.165) is 23.9 Å². The molecule has 1 aromatic heterocycles. The number of hydrogen-bond acceptors (Lipinski definition) is 4. The number of fused-ring (bicyclic) bond motifs is 1. The zero-order valence-electron chi connectivity index (χ0n) is 14.5. The van der Waals surface area contributed by atoms with Gasteiger partial charge in [-0.25, -0.2) is 8.42 Å². The van der Waals surface area contributed by atoms with E-state index < -0.39 is 15.6 Å². The van der Waals surface area contributed by atoms with Gasteiger partial charge >= 0.3 is 0 Å². The van der Waals surface area contributed by atoms with E-state index in [-0.39, 0.29) is 14.9 Å². The van der Waals surface area contributed by atoms with Crippen molar-refractivity contribution in [3.05, 3.63) is 80.2 Å². The first-order valence-electron chi connectivity index (χ1n) is 8.53. The van der Waals surface area contributed by atoms with Crippen molar-refractivity contribution in [2.24, 2.45) is 0 Å². The van der Waals surface area contributed by atoms with E-state index >= 15 is 0 Å². The second-order valence-electron chi connectivity index (χ2n) is 6.46. The number of aryl methyl sites for hydroxylation is 2. The molecule has 0 radical (unpaired) electrons. The van der Waals surface area contributed by atoms with Gasteiger partial charge in [0.2, 0.25) is 0 Å². The van der Waals surface area contributed by atoms with Crippen LogP contribution < -0.4 is 10.3 Å². The van der Waals surface area contributed by atoms with Crippen LogP contribution in [0, 0.1) is 0 Å². The molecule has 1 aliphatic carbocycles. The molecule has 0 fully saturated rings. The molecule has 0 unspecified atom stereocenters. The van der Waals surface area contributed by atoms with Gasteiger partial charge in [-0.2, -0.15) is 9.78 Å². The molecule has 6 nitrogen and oxygen atoms in total. The molecule has 4 rings (SSSR count). The van der Waals surface area contributed by atoms with Gasteiger partial charge in [-0.3, -0.25) is 9.52 Å². The number of sulfonamides is 1. The van der Waals surface area contributed by atoms with Crippen molar-refractivity contribution in [1.82, 2.24) is 9.78 Å². The van der Waals surface area contributed by atoms with Crippen LogP contribution in [0.1, 0.15) is 17.5 Å². The average Bonchev–Trinajstić information content (AvgIpc) is 3.14. The van der Waals surface area contributed by atoms with Crippen LogP contribution in [0.2, 0.25) is 10.0 Å². The lowest BCUT2D eigenvalue weighted by molar-refractivity contribution is 0.601. The first kappa shape index (κ1) is 19.0. The summed E-state index contributed by atoms with van der Waals surface area (Å²) >= 11 is 11.6. The maximum Gasteiger partial charge on any atom is 0.291 e. The maximum absolute atomic E-state index is 12.7. The third-order valence-corrected chi connectivity index (χ3v) is 6.76. The lowest BCUT2D eigenvalue weighted by Gasteiger charge is -2.11. The van der Waals surface area contributed by atoms with E-state index in [4.69, 9.17) is 23.2 Å². The zero-order chi connectivity index (χ0) is 19.9. The van der Waals surface area contributed by atoms with Crippen LogP contribution in [0.25, 0.3) is 5.69 Å². The molecule has 0 amide bonds. The fourth-order valence-corrected chi connectivity index (χ4v) is 4.52. The molecule has 0 atom stereocenters. The molecule has 144 valence electrons. The molecule has 0 bridgehead atoms. The standard InChI is InChI=1S/C19H15Cl2N3O3S/c20-17-11-22-24(19(25)18(17)21)15-6-8-16(9-7-15)28(26,27)23-14-5-4-12-2-1-3-13(12)10-14/h4-11,23H,1-3H2. The van der Waals surface area contributed by atoms with E-state index in [1.807, 2.05) is 12.1 Å². The fraction of sp³-hybridized carbons (Fsp3) is 0.158. The van der Waals surface area contributed by atoms with E-state index in [0.29, 0.717) is 11.4 Å². The van der Waals surface area contributed by atoms with Crippen molar-refractivity contribution in [3.8, 4) is 5.69 Å². The molecule has 1 heterocycles. The van der Waals surface area contributed by atoms with Crippen LogP contribution in [0.3, 0.4) is 0 Å². The zero-order valence-corrected chi connectivity index (χ0v) is 16.9. The number of nitrogens with zero attached hydrogens (tertiary/aromatic N) is 2. The summed E-state index contributed by atoms with van der Waals surface area (Å²) in [6, 6.07) is 11.4. The molecule has 0 saturated heterocycles. The highest BCUT2D eigenvalue weighted by atomic mass is 35.5. The van der Waals surface area contributed by atoms with Gasteiger partial charge in [0.05, 0.1) is 21.8 Å². The van der Waals surface area contributed by atoms with Gasteiger partial charge in [0.25, 0.3) is 15.6 Å². The second-order valence-corrected chi connectivity index (χ2v) is 8.93. The van der Waals surface area contributed by atoms with Crippen molar-refractivity contribution in [3.63, 3.8) is 0 Å². The third kappa shape index (κ3) is 3.53. The Labute approximate surface area is 171 Å². The number of halogens is 2. The molecule has 3 aromatic rings. The molecule has 1 N–H and O–H groups in total. The van der Waals surface area contributed by atoms with Crippen molar-refractivity contribution in [1.29, 1.82) is 0 Å². The van der Waals surface area contributed by atoms with E-state index in [1.165, 1.54) is 41.6 Å². The Kier molecular flexibility index (Phi) is 4.91. The number of aromatic nitrogens is 2. The summed E-state index contributed by atoms with van der Waals surface area (Å²) in [4.78, 5) is 12.2. The molecule has 1 aliphatic rings. The molecule has 9 heteroatoms. The highest BCUT2D eigenvalue weighted by Gasteiger charge is 2.17. The minimum atomic E-state index is -3.76. The Morgan fingerprint density at radius 3 is 2.46 bits per heavy atom. The normalized spacial score (nSPS) is 13.4. The lowest BCUT2D eigenvalue weighted by Crippen LogP contribution is -2.21. The lowest BCUT2D eigenvalue weighted by atomic mass is 10.1. The molecular formula is C19H15Cl2N3O3S.